The first-order valence-corrected chi connectivity index (χ1v) is 5.67. The molecule has 1 aromatic heterocycles. The largest absolute Gasteiger partial charge is 0.436 e. The summed E-state index contributed by atoms with van der Waals surface area (Å²) in [5.74, 6) is 0.693. The van der Waals surface area contributed by atoms with Crippen LogP contribution in [0.25, 0.3) is 22.6 Å². The third-order valence-electron chi connectivity index (χ3n) is 2.88. The van der Waals surface area contributed by atoms with Gasteiger partial charge < -0.3 is 4.42 Å². The van der Waals surface area contributed by atoms with Crippen molar-refractivity contribution >= 4 is 11.1 Å². The third kappa shape index (κ3) is 1.72. The number of fused-ring (bicyclic) bond motifs is 1. The molecule has 2 heteroatoms. The molecule has 0 spiro atoms. The lowest BCUT2D eigenvalue weighted by atomic mass is 10.1. The van der Waals surface area contributed by atoms with Crippen molar-refractivity contribution in [3.63, 3.8) is 0 Å². The van der Waals surface area contributed by atoms with E-state index in [4.69, 9.17) is 4.42 Å². The normalized spacial score (nSPS) is 10.9. The van der Waals surface area contributed by atoms with Crippen molar-refractivity contribution in [3.05, 3.63) is 53.6 Å². The predicted octanol–water partition coefficient (Wildman–Crippen LogP) is 4.11. The van der Waals surface area contributed by atoms with Crippen molar-refractivity contribution in [1.82, 2.24) is 4.98 Å². The first-order chi connectivity index (χ1) is 8.24. The number of nitrogens with zero attached hydrogens (tertiary/aromatic N) is 1. The fraction of sp³-hybridized carbons (Fsp3) is 0.133. The quantitative estimate of drug-likeness (QED) is 0.620. The van der Waals surface area contributed by atoms with E-state index in [9.17, 15) is 0 Å². The van der Waals surface area contributed by atoms with E-state index in [2.05, 4.69) is 24.0 Å². The number of aryl methyl sites for hydroxylation is 2. The number of oxazole rings is 1. The van der Waals surface area contributed by atoms with Crippen LogP contribution >= 0.6 is 0 Å². The van der Waals surface area contributed by atoms with Crippen LogP contribution in [-0.2, 0) is 0 Å². The van der Waals surface area contributed by atoms with Gasteiger partial charge in [-0.1, -0.05) is 29.8 Å². The molecule has 0 aliphatic carbocycles. The summed E-state index contributed by atoms with van der Waals surface area (Å²) in [6.45, 7) is 4.10. The molecule has 2 nitrogen and oxygen atoms in total. The van der Waals surface area contributed by atoms with E-state index in [1.54, 1.807) is 0 Å². The Morgan fingerprint density at radius 2 is 1.82 bits per heavy atom. The maximum absolute atomic E-state index is 5.83. The zero-order valence-electron chi connectivity index (χ0n) is 9.90. The van der Waals surface area contributed by atoms with E-state index in [1.807, 2.05) is 37.3 Å². The minimum atomic E-state index is 0.693. The average Bonchev–Trinajstić information content (AvgIpc) is 2.74. The Bertz CT molecular complexity index is 682. The number of para-hydroxylation sites is 1. The lowest BCUT2D eigenvalue weighted by Crippen LogP contribution is -1.78. The van der Waals surface area contributed by atoms with E-state index in [0.717, 1.165) is 22.2 Å². The van der Waals surface area contributed by atoms with Gasteiger partial charge in [0.25, 0.3) is 0 Å². The van der Waals surface area contributed by atoms with Gasteiger partial charge in [0, 0.05) is 5.56 Å². The molecule has 0 amide bonds. The predicted molar refractivity (Wildman–Crippen MR) is 68.9 cm³/mol. The van der Waals surface area contributed by atoms with Crippen molar-refractivity contribution in [2.75, 3.05) is 0 Å². The highest BCUT2D eigenvalue weighted by molar-refractivity contribution is 5.79. The topological polar surface area (TPSA) is 26.0 Å². The SMILES string of the molecule is Cc1cccc(-c2nc3cccc(C)c3o2)c1. The summed E-state index contributed by atoms with van der Waals surface area (Å²) in [4.78, 5) is 4.52. The molecule has 0 aliphatic heterocycles. The van der Waals surface area contributed by atoms with Gasteiger partial charge in [-0.15, -0.1) is 0 Å². The Kier molecular flexibility index (Phi) is 2.22. The number of rotatable bonds is 1. The number of benzene rings is 2. The highest BCUT2D eigenvalue weighted by atomic mass is 16.3. The minimum absolute atomic E-state index is 0.693. The van der Waals surface area contributed by atoms with Gasteiger partial charge in [0.05, 0.1) is 0 Å². The van der Waals surface area contributed by atoms with Crippen LogP contribution < -0.4 is 0 Å². The molecule has 3 aromatic rings. The second kappa shape index (κ2) is 3.74. The Morgan fingerprint density at radius 3 is 2.59 bits per heavy atom. The van der Waals surface area contributed by atoms with Crippen molar-refractivity contribution in [2.24, 2.45) is 0 Å². The summed E-state index contributed by atoms with van der Waals surface area (Å²) < 4.78 is 5.83. The number of hydrogen-bond donors (Lipinski definition) is 0. The van der Waals surface area contributed by atoms with Crippen LogP contribution in [0, 0.1) is 13.8 Å². The smallest absolute Gasteiger partial charge is 0.227 e. The van der Waals surface area contributed by atoms with Crippen LogP contribution in [0.3, 0.4) is 0 Å². The fourth-order valence-electron chi connectivity index (χ4n) is 1.99. The molecule has 1 heterocycles. The number of aromatic nitrogens is 1. The van der Waals surface area contributed by atoms with Gasteiger partial charge in [-0.2, -0.15) is 0 Å². The second-order valence-electron chi connectivity index (χ2n) is 4.31. The summed E-state index contributed by atoms with van der Waals surface area (Å²) in [5, 5.41) is 0. The van der Waals surface area contributed by atoms with E-state index in [-0.39, 0.29) is 0 Å². The lowest BCUT2D eigenvalue weighted by Gasteiger charge is -1.96. The highest BCUT2D eigenvalue weighted by Crippen LogP contribution is 2.26. The van der Waals surface area contributed by atoms with Crippen LogP contribution in [-0.4, -0.2) is 4.98 Å². The Labute approximate surface area is 99.9 Å². The van der Waals surface area contributed by atoms with Crippen molar-refractivity contribution in [1.29, 1.82) is 0 Å². The van der Waals surface area contributed by atoms with E-state index < -0.39 is 0 Å². The number of hydrogen-bond acceptors (Lipinski definition) is 2. The molecule has 0 atom stereocenters. The lowest BCUT2D eigenvalue weighted by molar-refractivity contribution is 0.617. The summed E-state index contributed by atoms with van der Waals surface area (Å²) in [6.07, 6.45) is 0. The van der Waals surface area contributed by atoms with E-state index >= 15 is 0 Å². The Balaban J connectivity index is 2.22. The first kappa shape index (κ1) is 10.1. The molecule has 0 aliphatic rings. The molecule has 0 fully saturated rings. The third-order valence-corrected chi connectivity index (χ3v) is 2.88. The van der Waals surface area contributed by atoms with E-state index in [0.29, 0.717) is 5.89 Å². The van der Waals surface area contributed by atoms with Crippen LogP contribution in [0.5, 0.6) is 0 Å². The van der Waals surface area contributed by atoms with Gasteiger partial charge in [0.2, 0.25) is 5.89 Å². The standard InChI is InChI=1S/C15H13NO/c1-10-5-3-7-12(9-10)15-16-13-8-4-6-11(2)14(13)17-15/h3-9H,1-2H3. The monoisotopic (exact) mass is 223 g/mol. The second-order valence-corrected chi connectivity index (χ2v) is 4.31. The van der Waals surface area contributed by atoms with Crippen LogP contribution in [0.4, 0.5) is 0 Å². The molecule has 84 valence electrons. The molecular weight excluding hydrogens is 210 g/mol. The summed E-state index contributed by atoms with van der Waals surface area (Å²) in [7, 11) is 0. The highest BCUT2D eigenvalue weighted by Gasteiger charge is 2.09. The van der Waals surface area contributed by atoms with Crippen LogP contribution in [0.1, 0.15) is 11.1 Å². The van der Waals surface area contributed by atoms with E-state index in [1.165, 1.54) is 5.56 Å². The molecule has 17 heavy (non-hydrogen) atoms. The Hall–Kier alpha value is -2.09. The van der Waals surface area contributed by atoms with Gasteiger partial charge in [-0.05, 0) is 37.6 Å². The first-order valence-electron chi connectivity index (χ1n) is 5.67. The summed E-state index contributed by atoms with van der Waals surface area (Å²) in [6, 6.07) is 14.2. The van der Waals surface area contributed by atoms with Crippen LogP contribution in [0.2, 0.25) is 0 Å². The van der Waals surface area contributed by atoms with Gasteiger partial charge in [-0.25, -0.2) is 4.98 Å². The maximum atomic E-state index is 5.83. The maximum Gasteiger partial charge on any atom is 0.227 e. The van der Waals surface area contributed by atoms with Gasteiger partial charge in [0.15, 0.2) is 5.58 Å². The molecule has 3 rings (SSSR count). The molecule has 0 saturated carbocycles. The van der Waals surface area contributed by atoms with Crippen molar-refractivity contribution in [2.45, 2.75) is 13.8 Å². The molecule has 0 bridgehead atoms. The molecule has 0 saturated heterocycles. The molecule has 2 aromatic carbocycles. The fourth-order valence-corrected chi connectivity index (χ4v) is 1.99. The summed E-state index contributed by atoms with van der Waals surface area (Å²) >= 11 is 0. The average molecular weight is 223 g/mol. The van der Waals surface area contributed by atoms with Crippen LogP contribution in [0.15, 0.2) is 46.9 Å². The molecule has 0 unspecified atom stereocenters. The van der Waals surface area contributed by atoms with Crippen molar-refractivity contribution in [3.8, 4) is 11.5 Å². The zero-order chi connectivity index (χ0) is 11.8. The summed E-state index contributed by atoms with van der Waals surface area (Å²) in [5.41, 5.74) is 5.15. The molecular formula is C15H13NO. The zero-order valence-corrected chi connectivity index (χ0v) is 9.90. The van der Waals surface area contributed by atoms with Gasteiger partial charge in [-0.3, -0.25) is 0 Å². The molecule has 0 radical (unpaired) electrons. The Morgan fingerprint density at radius 1 is 1.00 bits per heavy atom. The molecule has 0 N–H and O–H groups in total. The minimum Gasteiger partial charge on any atom is -0.436 e. The van der Waals surface area contributed by atoms with Gasteiger partial charge in [0.1, 0.15) is 5.52 Å². The van der Waals surface area contributed by atoms with Gasteiger partial charge >= 0.3 is 0 Å². The van der Waals surface area contributed by atoms with Crippen molar-refractivity contribution < 1.29 is 4.42 Å².